The lowest BCUT2D eigenvalue weighted by Crippen LogP contribution is -2.78. The van der Waals surface area contributed by atoms with Crippen LogP contribution >= 0.6 is 23.2 Å². The summed E-state index contributed by atoms with van der Waals surface area (Å²) in [5, 5.41) is 10.4. The first-order chi connectivity index (χ1) is 18.3. The van der Waals surface area contributed by atoms with Crippen LogP contribution in [0.25, 0.3) is 0 Å². The van der Waals surface area contributed by atoms with Crippen LogP contribution in [-0.2, 0) is 14.2 Å². The minimum absolute atomic E-state index is 0.00241. The van der Waals surface area contributed by atoms with Gasteiger partial charge in [0.1, 0.15) is 17.6 Å². The zero-order valence-electron chi connectivity index (χ0n) is 23.6. The molecule has 4 atom stereocenters. The Bertz CT molecular complexity index is 1160. The van der Waals surface area contributed by atoms with Gasteiger partial charge in [0.25, 0.3) is 0 Å². The van der Waals surface area contributed by atoms with Gasteiger partial charge in [0.15, 0.2) is 35.6 Å². The number of carbonyl (C=O) groups is 2. The molecule has 1 unspecified atom stereocenters. The fourth-order valence-electron chi connectivity index (χ4n) is 5.07. The van der Waals surface area contributed by atoms with Gasteiger partial charge in [-0.15, -0.1) is 23.2 Å². The number of rotatable bonds is 11. The fraction of sp³-hybridized carbons (Fsp3) is 0.586. The third-order valence-electron chi connectivity index (χ3n) is 7.12. The highest BCUT2D eigenvalue weighted by Gasteiger charge is 2.74. The van der Waals surface area contributed by atoms with Crippen LogP contribution in [-0.4, -0.2) is 72.0 Å². The number of fused-ring (bicyclic) bond motifs is 2. The maximum Gasteiger partial charge on any atom is 0.198 e. The number of aliphatic hydroxyl groups excluding tert-OH is 1. The first kappa shape index (κ1) is 31.6. The van der Waals surface area contributed by atoms with Crippen molar-refractivity contribution >= 4 is 34.8 Å². The predicted molar refractivity (Wildman–Crippen MR) is 149 cm³/mol. The first-order valence-corrected chi connectivity index (χ1v) is 13.6. The van der Waals surface area contributed by atoms with E-state index in [1.807, 2.05) is 26.8 Å². The summed E-state index contributed by atoms with van der Waals surface area (Å²) in [5.74, 6) is -1.06. The van der Waals surface area contributed by atoms with Gasteiger partial charge in [0.05, 0.1) is 16.5 Å². The predicted octanol–water partition coefficient (Wildman–Crippen LogP) is 5.61. The van der Waals surface area contributed by atoms with E-state index in [2.05, 4.69) is 6.08 Å². The summed E-state index contributed by atoms with van der Waals surface area (Å²) in [7, 11) is 2.88. The Morgan fingerprint density at radius 1 is 1.05 bits per heavy atom. The van der Waals surface area contributed by atoms with Crippen molar-refractivity contribution in [3.8, 4) is 11.5 Å². The topological polar surface area (TPSA) is 101 Å². The van der Waals surface area contributed by atoms with E-state index in [1.165, 1.54) is 31.9 Å². The summed E-state index contributed by atoms with van der Waals surface area (Å²) in [6, 6.07) is 2.88. The summed E-state index contributed by atoms with van der Waals surface area (Å²) >= 11 is 13.7. The van der Waals surface area contributed by atoms with Crippen molar-refractivity contribution in [3.05, 3.63) is 46.6 Å². The number of methoxy groups -OCH3 is 2. The van der Waals surface area contributed by atoms with Crippen LogP contribution in [0.4, 0.5) is 0 Å². The molecular weight excluding hydrogens is 547 g/mol. The van der Waals surface area contributed by atoms with Gasteiger partial charge in [-0.25, -0.2) is 0 Å². The van der Waals surface area contributed by atoms with Crippen molar-refractivity contribution in [1.82, 2.24) is 0 Å². The molecule has 1 fully saturated rings. The molecule has 2 aliphatic rings. The molecule has 8 nitrogen and oxygen atoms in total. The second kappa shape index (κ2) is 12.3. The van der Waals surface area contributed by atoms with Crippen molar-refractivity contribution in [1.29, 1.82) is 0 Å². The summed E-state index contributed by atoms with van der Waals surface area (Å²) in [6.45, 7) is 9.02. The number of ketones is 2. The third kappa shape index (κ3) is 5.78. The Hall–Kier alpha value is -1.94. The molecule has 0 bridgehead atoms. The van der Waals surface area contributed by atoms with Crippen molar-refractivity contribution in [2.45, 2.75) is 81.4 Å². The van der Waals surface area contributed by atoms with E-state index in [0.29, 0.717) is 0 Å². The number of hydrogen-bond donors (Lipinski definition) is 1. The van der Waals surface area contributed by atoms with E-state index in [-0.39, 0.29) is 42.6 Å². The molecule has 1 aromatic rings. The Kier molecular flexibility index (Phi) is 9.95. The van der Waals surface area contributed by atoms with Crippen LogP contribution in [0.15, 0.2) is 35.4 Å². The van der Waals surface area contributed by atoms with Crippen molar-refractivity contribution in [2.24, 2.45) is 0 Å². The monoisotopic (exact) mass is 584 g/mol. The number of allylic oxidation sites excluding steroid dienone is 3. The Balaban J connectivity index is 2.24. The zero-order chi connectivity index (χ0) is 29.2. The molecule has 1 aromatic carbocycles. The van der Waals surface area contributed by atoms with Gasteiger partial charge in [-0.2, -0.15) is 0 Å². The molecule has 3 rings (SSSR count). The standard InChI is InChI=1S/C29H38Cl2O8/c1-17(2)9-8-10-18(3)11-12-28-24(32)20-13-19(37-15-35-6)14-21(38-16-36-7)22(20)25(33)29(28,31)26(34)23(30)27(4,5)39-28/h9,11,13-14,23,26,34H,8,10,12,15-16H2,1-7H3/b18-11+/t23-,26?,28+,29-/m1/s1. The lowest BCUT2D eigenvalue weighted by atomic mass is 9.62. The van der Waals surface area contributed by atoms with Crippen LogP contribution in [0.3, 0.4) is 0 Å². The van der Waals surface area contributed by atoms with E-state index in [0.717, 1.165) is 18.4 Å². The van der Waals surface area contributed by atoms with Crippen LogP contribution in [0, 0.1) is 0 Å². The average Bonchev–Trinajstić information content (AvgIpc) is 2.88. The molecule has 216 valence electrons. The number of aliphatic hydroxyl groups is 1. The highest BCUT2D eigenvalue weighted by molar-refractivity contribution is 6.46. The molecule has 10 heteroatoms. The maximum atomic E-state index is 14.5. The fourth-order valence-corrected chi connectivity index (χ4v) is 5.79. The van der Waals surface area contributed by atoms with Crippen molar-refractivity contribution < 1.29 is 38.4 Å². The van der Waals surface area contributed by atoms with Gasteiger partial charge < -0.3 is 28.8 Å². The van der Waals surface area contributed by atoms with Crippen molar-refractivity contribution in [3.63, 3.8) is 0 Å². The smallest absolute Gasteiger partial charge is 0.198 e. The highest BCUT2D eigenvalue weighted by atomic mass is 35.5. The van der Waals surface area contributed by atoms with Crippen molar-refractivity contribution in [2.75, 3.05) is 27.8 Å². The quantitative estimate of drug-likeness (QED) is 0.203. The molecule has 1 heterocycles. The van der Waals surface area contributed by atoms with Gasteiger partial charge in [0, 0.05) is 32.3 Å². The number of hydrogen-bond acceptors (Lipinski definition) is 8. The molecule has 1 aliphatic carbocycles. The Labute approximate surface area is 240 Å². The summed E-state index contributed by atoms with van der Waals surface area (Å²) in [5.41, 5.74) is -1.06. The van der Waals surface area contributed by atoms with E-state index in [1.54, 1.807) is 13.8 Å². The molecule has 1 saturated heterocycles. The van der Waals surface area contributed by atoms with Crippen LogP contribution in [0.2, 0.25) is 0 Å². The number of ether oxygens (including phenoxy) is 5. The minimum Gasteiger partial charge on any atom is -0.467 e. The lowest BCUT2D eigenvalue weighted by Gasteiger charge is -2.58. The van der Waals surface area contributed by atoms with Gasteiger partial charge >= 0.3 is 0 Å². The van der Waals surface area contributed by atoms with E-state index < -0.39 is 39.1 Å². The number of carbonyl (C=O) groups excluding carboxylic acids is 2. The molecule has 0 aromatic heterocycles. The molecule has 0 saturated carbocycles. The van der Waals surface area contributed by atoms with E-state index in [4.69, 9.17) is 46.9 Å². The lowest BCUT2D eigenvalue weighted by molar-refractivity contribution is -0.188. The van der Waals surface area contributed by atoms with E-state index in [9.17, 15) is 14.7 Å². The summed E-state index contributed by atoms with van der Waals surface area (Å²) < 4.78 is 27.7. The molecule has 39 heavy (non-hydrogen) atoms. The first-order valence-electron chi connectivity index (χ1n) is 12.8. The molecule has 0 spiro atoms. The number of halogens is 2. The van der Waals surface area contributed by atoms with Crippen LogP contribution in [0.1, 0.15) is 74.6 Å². The molecule has 1 aliphatic heterocycles. The largest absolute Gasteiger partial charge is 0.467 e. The molecule has 1 N–H and O–H groups in total. The molecule has 0 radical (unpaired) electrons. The second-order valence-corrected chi connectivity index (χ2v) is 11.8. The normalized spacial score (nSPS) is 28.0. The Morgan fingerprint density at radius 3 is 2.31 bits per heavy atom. The van der Waals surface area contributed by atoms with E-state index >= 15 is 0 Å². The summed E-state index contributed by atoms with van der Waals surface area (Å²) in [6.07, 6.45) is 3.85. The van der Waals surface area contributed by atoms with Crippen LogP contribution in [0.5, 0.6) is 11.5 Å². The zero-order valence-corrected chi connectivity index (χ0v) is 25.1. The number of Topliss-reactive ketones (excluding diaryl/α,β-unsaturated/α-hetero) is 2. The minimum atomic E-state index is -2.23. The average molecular weight is 586 g/mol. The Morgan fingerprint density at radius 2 is 1.69 bits per heavy atom. The highest BCUT2D eigenvalue weighted by Crippen LogP contribution is 2.57. The van der Waals surface area contributed by atoms with Gasteiger partial charge in [-0.05, 0) is 53.5 Å². The SMILES string of the molecule is COCOc1cc(OCOC)c2c(c1)C(=O)[C@]1(C/C=C(\C)CCC=C(C)C)OC(C)(C)[C@H](Cl)C(O)[C@]1(Cl)C2=O. The van der Waals surface area contributed by atoms with Gasteiger partial charge in [-0.1, -0.05) is 23.3 Å². The van der Waals surface area contributed by atoms with Crippen LogP contribution < -0.4 is 9.47 Å². The van der Waals surface area contributed by atoms with Gasteiger partial charge in [0.2, 0.25) is 0 Å². The molecular formula is C29H38Cl2O8. The number of benzene rings is 1. The molecule has 0 amide bonds. The maximum absolute atomic E-state index is 14.5. The summed E-state index contributed by atoms with van der Waals surface area (Å²) in [4.78, 5) is 26.6. The van der Waals surface area contributed by atoms with Gasteiger partial charge in [-0.3, -0.25) is 9.59 Å². The third-order valence-corrected chi connectivity index (χ3v) is 8.59. The number of alkyl halides is 2. The second-order valence-electron chi connectivity index (χ2n) is 10.8.